The van der Waals surface area contributed by atoms with Crippen molar-refractivity contribution in [2.24, 2.45) is 0 Å². The van der Waals surface area contributed by atoms with Crippen LogP contribution in [0.25, 0.3) is 0 Å². The number of rotatable bonds is 7. The van der Waals surface area contributed by atoms with Crippen molar-refractivity contribution in [2.45, 2.75) is 64.0 Å². The first kappa shape index (κ1) is 16.4. The zero-order valence-electron chi connectivity index (χ0n) is 13.3. The maximum Gasteiger partial charge on any atom is 0.234 e. The third kappa shape index (κ3) is 4.77. The molecule has 4 heteroatoms. The van der Waals surface area contributed by atoms with E-state index in [0.29, 0.717) is 6.54 Å². The number of likely N-dealkylation sites (N-methyl/N-ethyl adjacent to an activating group) is 1. The Kier molecular flexibility index (Phi) is 5.81. The molecule has 1 aliphatic carbocycles. The predicted octanol–water partition coefficient (Wildman–Crippen LogP) is 1.76. The number of nitrogens with one attached hydrogen (secondary N) is 2. The third-order valence-electron chi connectivity index (χ3n) is 4.58. The summed E-state index contributed by atoms with van der Waals surface area (Å²) in [6.07, 6.45) is 6.01. The molecule has 4 nitrogen and oxygen atoms in total. The third-order valence-corrected chi connectivity index (χ3v) is 4.58. The van der Waals surface area contributed by atoms with E-state index in [0.717, 1.165) is 13.0 Å². The first-order chi connectivity index (χ1) is 8.81. The number of nitrogens with zero attached hydrogens (tertiary/aromatic N) is 1. The molecule has 112 valence electrons. The Bertz CT molecular complexity index is 294. The predicted molar refractivity (Wildman–Crippen MR) is 80.3 cm³/mol. The van der Waals surface area contributed by atoms with Gasteiger partial charge in [0.1, 0.15) is 0 Å². The fourth-order valence-corrected chi connectivity index (χ4v) is 2.73. The molecule has 0 aromatic rings. The molecular formula is C15H31N3O. The van der Waals surface area contributed by atoms with E-state index in [1.807, 2.05) is 0 Å². The minimum atomic E-state index is -0.106. The number of amides is 1. The number of carbonyl (C=O) groups excluding carboxylic acids is 1. The van der Waals surface area contributed by atoms with Crippen molar-refractivity contribution >= 4 is 5.91 Å². The molecule has 0 bridgehead atoms. The summed E-state index contributed by atoms with van der Waals surface area (Å²) >= 11 is 0. The summed E-state index contributed by atoms with van der Waals surface area (Å²) in [5.41, 5.74) is 0.145. The van der Waals surface area contributed by atoms with Crippen molar-refractivity contribution in [1.82, 2.24) is 15.5 Å². The van der Waals surface area contributed by atoms with Crippen LogP contribution in [0.1, 0.15) is 52.9 Å². The van der Waals surface area contributed by atoms with Crippen molar-refractivity contribution in [3.05, 3.63) is 0 Å². The maximum absolute atomic E-state index is 11.9. The zero-order valence-corrected chi connectivity index (χ0v) is 13.3. The summed E-state index contributed by atoms with van der Waals surface area (Å²) < 4.78 is 0. The monoisotopic (exact) mass is 269 g/mol. The largest absolute Gasteiger partial charge is 0.350 e. The summed E-state index contributed by atoms with van der Waals surface area (Å²) in [6.45, 7) is 7.53. The summed E-state index contributed by atoms with van der Waals surface area (Å²) in [5, 5.41) is 6.40. The van der Waals surface area contributed by atoms with Crippen LogP contribution < -0.4 is 10.6 Å². The molecule has 1 aliphatic rings. The van der Waals surface area contributed by atoms with Crippen molar-refractivity contribution < 1.29 is 4.79 Å². The van der Waals surface area contributed by atoms with Gasteiger partial charge in [-0.25, -0.2) is 0 Å². The highest BCUT2D eigenvalue weighted by Crippen LogP contribution is 2.32. The van der Waals surface area contributed by atoms with Gasteiger partial charge in [0.15, 0.2) is 0 Å². The maximum atomic E-state index is 11.9. The lowest BCUT2D eigenvalue weighted by atomic mass is 9.96. The van der Waals surface area contributed by atoms with Gasteiger partial charge in [-0.3, -0.25) is 4.79 Å². The number of carbonyl (C=O) groups is 1. The molecule has 1 fully saturated rings. The van der Waals surface area contributed by atoms with Crippen LogP contribution >= 0.6 is 0 Å². The van der Waals surface area contributed by atoms with Crippen molar-refractivity contribution in [3.63, 3.8) is 0 Å². The molecule has 0 aliphatic heterocycles. The zero-order chi connectivity index (χ0) is 14.5. The van der Waals surface area contributed by atoms with E-state index in [1.165, 1.54) is 25.7 Å². The summed E-state index contributed by atoms with van der Waals surface area (Å²) in [7, 11) is 4.29. The molecule has 19 heavy (non-hydrogen) atoms. The van der Waals surface area contributed by atoms with Crippen LogP contribution in [0.4, 0.5) is 0 Å². The Morgan fingerprint density at radius 3 is 2.32 bits per heavy atom. The molecule has 0 heterocycles. The summed E-state index contributed by atoms with van der Waals surface area (Å²) in [6, 6.07) is 0. The first-order valence-corrected chi connectivity index (χ1v) is 7.50. The van der Waals surface area contributed by atoms with Crippen LogP contribution in [0.2, 0.25) is 0 Å². The van der Waals surface area contributed by atoms with Gasteiger partial charge in [-0.15, -0.1) is 0 Å². The van der Waals surface area contributed by atoms with Crippen LogP contribution in [0, 0.1) is 0 Å². The average Bonchev–Trinajstić information content (AvgIpc) is 2.78. The van der Waals surface area contributed by atoms with E-state index in [-0.39, 0.29) is 17.0 Å². The van der Waals surface area contributed by atoms with Gasteiger partial charge in [-0.05, 0) is 47.2 Å². The Morgan fingerprint density at radius 1 is 1.26 bits per heavy atom. The molecule has 1 amide bonds. The Morgan fingerprint density at radius 2 is 1.84 bits per heavy atom. The molecule has 0 aromatic carbocycles. The van der Waals surface area contributed by atoms with Crippen LogP contribution in [-0.2, 0) is 4.79 Å². The molecule has 2 N–H and O–H groups in total. The SMILES string of the molecule is CCC(C)(C)NC(=O)CNCC1(N(C)C)CCCC1. The van der Waals surface area contributed by atoms with E-state index in [9.17, 15) is 4.79 Å². The average molecular weight is 269 g/mol. The fourth-order valence-electron chi connectivity index (χ4n) is 2.73. The minimum Gasteiger partial charge on any atom is -0.350 e. The molecule has 0 saturated heterocycles. The standard InChI is InChI=1S/C15H31N3O/c1-6-14(2,3)17-13(19)11-16-12-15(18(4)5)9-7-8-10-15/h16H,6-12H2,1-5H3,(H,17,19). The van der Waals surface area contributed by atoms with Gasteiger partial charge in [0, 0.05) is 17.6 Å². The normalized spacial score (nSPS) is 18.8. The topological polar surface area (TPSA) is 44.4 Å². The van der Waals surface area contributed by atoms with E-state index in [2.05, 4.69) is 50.4 Å². The Balaban J connectivity index is 2.35. The van der Waals surface area contributed by atoms with Crippen molar-refractivity contribution in [2.75, 3.05) is 27.2 Å². The minimum absolute atomic E-state index is 0.0961. The van der Waals surface area contributed by atoms with Gasteiger partial charge < -0.3 is 15.5 Å². The number of hydrogen-bond acceptors (Lipinski definition) is 3. The summed E-state index contributed by atoms with van der Waals surface area (Å²) in [5.74, 6) is 0.0961. The van der Waals surface area contributed by atoms with Gasteiger partial charge in [-0.1, -0.05) is 19.8 Å². The quantitative estimate of drug-likeness (QED) is 0.740. The fraction of sp³-hybridized carbons (Fsp3) is 0.933. The molecule has 0 radical (unpaired) electrons. The van der Waals surface area contributed by atoms with Crippen molar-refractivity contribution in [3.8, 4) is 0 Å². The van der Waals surface area contributed by atoms with E-state index in [4.69, 9.17) is 0 Å². The van der Waals surface area contributed by atoms with Gasteiger partial charge >= 0.3 is 0 Å². The molecule has 1 saturated carbocycles. The van der Waals surface area contributed by atoms with Crippen LogP contribution in [0.15, 0.2) is 0 Å². The second-order valence-electron chi connectivity index (χ2n) is 6.72. The van der Waals surface area contributed by atoms with E-state index >= 15 is 0 Å². The number of hydrogen-bond donors (Lipinski definition) is 2. The highest BCUT2D eigenvalue weighted by Gasteiger charge is 2.35. The van der Waals surface area contributed by atoms with Gasteiger partial charge in [0.25, 0.3) is 0 Å². The second kappa shape index (κ2) is 6.71. The van der Waals surface area contributed by atoms with Gasteiger partial charge in [0.2, 0.25) is 5.91 Å². The van der Waals surface area contributed by atoms with E-state index in [1.54, 1.807) is 0 Å². The lowest BCUT2D eigenvalue weighted by Crippen LogP contribution is -2.52. The van der Waals surface area contributed by atoms with Crippen molar-refractivity contribution in [1.29, 1.82) is 0 Å². The van der Waals surface area contributed by atoms with Crippen LogP contribution in [-0.4, -0.2) is 49.1 Å². The van der Waals surface area contributed by atoms with Crippen LogP contribution in [0.3, 0.4) is 0 Å². The molecule has 1 rings (SSSR count). The molecule has 0 spiro atoms. The van der Waals surface area contributed by atoms with Crippen LogP contribution in [0.5, 0.6) is 0 Å². The Hall–Kier alpha value is -0.610. The lowest BCUT2D eigenvalue weighted by molar-refractivity contribution is -0.121. The first-order valence-electron chi connectivity index (χ1n) is 7.50. The van der Waals surface area contributed by atoms with Gasteiger partial charge in [-0.2, -0.15) is 0 Å². The second-order valence-corrected chi connectivity index (χ2v) is 6.72. The summed E-state index contributed by atoms with van der Waals surface area (Å²) in [4.78, 5) is 14.2. The molecule has 0 atom stereocenters. The molecule has 0 aromatic heterocycles. The molecule has 0 unspecified atom stereocenters. The highest BCUT2D eigenvalue weighted by molar-refractivity contribution is 5.78. The molecular weight excluding hydrogens is 238 g/mol. The highest BCUT2D eigenvalue weighted by atomic mass is 16.2. The Labute approximate surface area is 118 Å². The van der Waals surface area contributed by atoms with E-state index < -0.39 is 0 Å². The lowest BCUT2D eigenvalue weighted by Gasteiger charge is -2.36. The van der Waals surface area contributed by atoms with Gasteiger partial charge in [0.05, 0.1) is 6.54 Å². The smallest absolute Gasteiger partial charge is 0.234 e.